The molecule has 1 saturated carbocycles. The topological polar surface area (TPSA) is 93.9 Å². The zero-order chi connectivity index (χ0) is 24.9. The molecule has 3 N–H and O–H groups in total. The Hall–Kier alpha value is -3.68. The Balaban J connectivity index is 1.30. The number of anilines is 2. The molecule has 0 aromatic heterocycles. The summed E-state index contributed by atoms with van der Waals surface area (Å²) in [5, 5.41) is 2.86. The van der Waals surface area contributed by atoms with Gasteiger partial charge in [-0.25, -0.2) is 4.79 Å². The standard InChI is InChI=1S/C29H31N3O4/c30-25-18-24(25)22-8-6-20(7-9-22)16-28(33)23-10-11-27(32-12-14-35-15-13-32)26(17-23)31-29(34)36-19-21-4-2-1-3-5-21/h1-11,17,24-25H,12-16,18-19,30H2,(H,31,34)/t24-,25+/m0/s1. The minimum atomic E-state index is -0.563. The van der Waals surface area contributed by atoms with Crippen molar-refractivity contribution < 1.29 is 19.1 Å². The second-order valence-electron chi connectivity index (χ2n) is 9.37. The maximum Gasteiger partial charge on any atom is 0.412 e. The van der Waals surface area contributed by atoms with E-state index in [9.17, 15) is 9.59 Å². The monoisotopic (exact) mass is 485 g/mol. The number of nitrogens with one attached hydrogen (secondary N) is 1. The predicted molar refractivity (Wildman–Crippen MR) is 140 cm³/mol. The molecule has 7 heteroatoms. The van der Waals surface area contributed by atoms with E-state index in [1.807, 2.05) is 54.6 Å². The van der Waals surface area contributed by atoms with Crippen LogP contribution in [0.1, 0.15) is 39.4 Å². The minimum Gasteiger partial charge on any atom is -0.444 e. The first-order valence-corrected chi connectivity index (χ1v) is 12.4. The van der Waals surface area contributed by atoms with Gasteiger partial charge in [0.25, 0.3) is 0 Å². The highest BCUT2D eigenvalue weighted by Gasteiger charge is 2.34. The van der Waals surface area contributed by atoms with Crippen molar-refractivity contribution in [2.75, 3.05) is 36.5 Å². The van der Waals surface area contributed by atoms with Gasteiger partial charge in [-0.1, -0.05) is 54.6 Å². The summed E-state index contributed by atoms with van der Waals surface area (Å²) in [6, 6.07) is 23.4. The molecule has 3 aromatic rings. The van der Waals surface area contributed by atoms with E-state index in [0.29, 0.717) is 43.5 Å². The number of hydrogen-bond acceptors (Lipinski definition) is 6. The number of morpholine rings is 1. The van der Waals surface area contributed by atoms with Gasteiger partial charge in [-0.3, -0.25) is 10.1 Å². The molecule has 2 aliphatic rings. The smallest absolute Gasteiger partial charge is 0.412 e. The fraction of sp³-hybridized carbons (Fsp3) is 0.310. The number of amides is 1. The summed E-state index contributed by atoms with van der Waals surface area (Å²) in [6.07, 6.45) is 0.746. The van der Waals surface area contributed by atoms with Gasteiger partial charge in [0.05, 0.1) is 24.6 Å². The number of ether oxygens (including phenoxy) is 2. The van der Waals surface area contributed by atoms with Crippen LogP contribution in [0, 0.1) is 0 Å². The number of benzene rings is 3. The number of nitrogens with zero attached hydrogens (tertiary/aromatic N) is 1. The molecule has 1 saturated heterocycles. The van der Waals surface area contributed by atoms with Gasteiger partial charge < -0.3 is 20.1 Å². The number of carbonyl (C=O) groups excluding carboxylic acids is 2. The number of Topliss-reactive ketones (excluding diaryl/α,β-unsaturated/α-hetero) is 1. The first kappa shape index (κ1) is 24.0. The second-order valence-corrected chi connectivity index (χ2v) is 9.37. The SMILES string of the molecule is N[C@@H]1C[C@H]1c1ccc(CC(=O)c2ccc(N3CCOCC3)c(NC(=O)OCc3ccccc3)c2)cc1. The highest BCUT2D eigenvalue weighted by atomic mass is 16.5. The summed E-state index contributed by atoms with van der Waals surface area (Å²) < 4.78 is 10.9. The molecule has 1 aliphatic heterocycles. The summed E-state index contributed by atoms with van der Waals surface area (Å²) in [6.45, 7) is 2.80. The molecule has 36 heavy (non-hydrogen) atoms. The Morgan fingerprint density at radius 3 is 2.39 bits per heavy atom. The van der Waals surface area contributed by atoms with Crippen molar-refractivity contribution in [1.82, 2.24) is 0 Å². The van der Waals surface area contributed by atoms with Crippen molar-refractivity contribution in [3.05, 3.63) is 95.1 Å². The largest absolute Gasteiger partial charge is 0.444 e. The van der Waals surface area contributed by atoms with Crippen LogP contribution in [0.2, 0.25) is 0 Å². The lowest BCUT2D eigenvalue weighted by Gasteiger charge is -2.30. The molecule has 1 heterocycles. The van der Waals surface area contributed by atoms with Crippen LogP contribution in [0.3, 0.4) is 0 Å². The van der Waals surface area contributed by atoms with Crippen LogP contribution in [0.5, 0.6) is 0 Å². The molecule has 1 aliphatic carbocycles. The van der Waals surface area contributed by atoms with Gasteiger partial charge >= 0.3 is 6.09 Å². The first-order chi connectivity index (χ1) is 17.6. The third-order valence-electron chi connectivity index (χ3n) is 6.73. The molecule has 0 unspecified atom stereocenters. The van der Waals surface area contributed by atoms with E-state index in [1.165, 1.54) is 5.56 Å². The number of rotatable bonds is 8. The summed E-state index contributed by atoms with van der Waals surface area (Å²) in [5.74, 6) is 0.429. The molecule has 1 amide bonds. The lowest BCUT2D eigenvalue weighted by atomic mass is 10.00. The van der Waals surface area contributed by atoms with Gasteiger partial charge in [0.1, 0.15) is 6.61 Å². The van der Waals surface area contributed by atoms with Crippen LogP contribution in [0.4, 0.5) is 16.2 Å². The van der Waals surface area contributed by atoms with E-state index >= 15 is 0 Å². The lowest BCUT2D eigenvalue weighted by molar-refractivity contribution is 0.0992. The van der Waals surface area contributed by atoms with Crippen molar-refractivity contribution in [3.8, 4) is 0 Å². The Morgan fingerprint density at radius 2 is 1.69 bits per heavy atom. The zero-order valence-electron chi connectivity index (χ0n) is 20.2. The number of ketones is 1. The quantitative estimate of drug-likeness (QED) is 0.456. The highest BCUT2D eigenvalue weighted by molar-refractivity contribution is 6.01. The van der Waals surface area contributed by atoms with E-state index in [2.05, 4.69) is 22.3 Å². The third-order valence-corrected chi connectivity index (χ3v) is 6.73. The summed E-state index contributed by atoms with van der Waals surface area (Å²) in [7, 11) is 0. The number of hydrogen-bond donors (Lipinski definition) is 2. The Labute approximate surface area is 211 Å². The van der Waals surface area contributed by atoms with E-state index < -0.39 is 6.09 Å². The summed E-state index contributed by atoms with van der Waals surface area (Å²) in [5.41, 5.74) is 11.0. The number of carbonyl (C=O) groups is 2. The van der Waals surface area contributed by atoms with Crippen LogP contribution < -0.4 is 16.0 Å². The van der Waals surface area contributed by atoms with Gasteiger partial charge in [0.15, 0.2) is 5.78 Å². The molecule has 5 rings (SSSR count). The van der Waals surface area contributed by atoms with Crippen LogP contribution in [-0.2, 0) is 22.5 Å². The van der Waals surface area contributed by atoms with Crippen LogP contribution in [0.25, 0.3) is 0 Å². The lowest BCUT2D eigenvalue weighted by Crippen LogP contribution is -2.36. The summed E-state index contributed by atoms with van der Waals surface area (Å²) >= 11 is 0. The van der Waals surface area contributed by atoms with Gasteiger partial charge in [-0.2, -0.15) is 0 Å². The van der Waals surface area contributed by atoms with Gasteiger partial charge in [-0.05, 0) is 41.3 Å². The fourth-order valence-corrected chi connectivity index (χ4v) is 4.53. The average Bonchev–Trinajstić information content (AvgIpc) is 3.65. The van der Waals surface area contributed by atoms with Gasteiger partial charge in [-0.15, -0.1) is 0 Å². The molecule has 2 atom stereocenters. The molecule has 3 aromatic carbocycles. The first-order valence-electron chi connectivity index (χ1n) is 12.4. The summed E-state index contributed by atoms with van der Waals surface area (Å²) in [4.78, 5) is 27.9. The third kappa shape index (κ3) is 5.93. The van der Waals surface area contributed by atoms with Crippen molar-refractivity contribution >= 4 is 23.3 Å². The Kier molecular flexibility index (Phi) is 7.30. The van der Waals surface area contributed by atoms with E-state index in [4.69, 9.17) is 15.2 Å². The predicted octanol–water partition coefficient (Wildman–Crippen LogP) is 4.51. The van der Waals surface area contributed by atoms with Gasteiger partial charge in [0.2, 0.25) is 0 Å². The molecule has 186 valence electrons. The molecule has 0 radical (unpaired) electrons. The van der Waals surface area contributed by atoms with E-state index in [-0.39, 0.29) is 24.9 Å². The zero-order valence-corrected chi connectivity index (χ0v) is 20.2. The number of nitrogens with two attached hydrogens (primary N) is 1. The Bertz CT molecular complexity index is 1210. The highest BCUT2D eigenvalue weighted by Crippen LogP contribution is 2.39. The molecular formula is C29H31N3O4. The Morgan fingerprint density at radius 1 is 0.972 bits per heavy atom. The van der Waals surface area contributed by atoms with Crippen molar-refractivity contribution in [2.45, 2.75) is 31.4 Å². The van der Waals surface area contributed by atoms with E-state index in [0.717, 1.165) is 23.2 Å². The molecule has 0 spiro atoms. The van der Waals surface area contributed by atoms with Crippen LogP contribution in [-0.4, -0.2) is 44.2 Å². The van der Waals surface area contributed by atoms with Crippen molar-refractivity contribution in [2.24, 2.45) is 5.73 Å². The second kappa shape index (κ2) is 10.9. The van der Waals surface area contributed by atoms with Crippen molar-refractivity contribution in [1.29, 1.82) is 0 Å². The van der Waals surface area contributed by atoms with Crippen molar-refractivity contribution in [3.63, 3.8) is 0 Å². The fourth-order valence-electron chi connectivity index (χ4n) is 4.53. The van der Waals surface area contributed by atoms with Crippen LogP contribution >= 0.6 is 0 Å². The van der Waals surface area contributed by atoms with E-state index in [1.54, 1.807) is 6.07 Å². The average molecular weight is 486 g/mol. The molecule has 0 bridgehead atoms. The molecular weight excluding hydrogens is 454 g/mol. The maximum atomic E-state index is 13.1. The van der Waals surface area contributed by atoms with Crippen LogP contribution in [0.15, 0.2) is 72.8 Å². The molecule has 7 nitrogen and oxygen atoms in total. The van der Waals surface area contributed by atoms with Gasteiger partial charge in [0, 0.05) is 37.0 Å². The maximum absolute atomic E-state index is 13.1. The minimum absolute atomic E-state index is 0.0138. The molecule has 2 fully saturated rings. The normalized spacial score (nSPS) is 19.0.